The molecule has 1 aromatic carbocycles. The van der Waals surface area contributed by atoms with Gasteiger partial charge in [0.05, 0.1) is 4.90 Å². The predicted octanol–water partition coefficient (Wildman–Crippen LogP) is 3.27. The monoisotopic (exact) mass is 390 g/mol. The summed E-state index contributed by atoms with van der Waals surface area (Å²) >= 11 is 0. The van der Waals surface area contributed by atoms with Crippen LogP contribution in [0.1, 0.15) is 55.8 Å². The minimum Gasteiger partial charge on any atom is -0.349 e. The quantitative estimate of drug-likeness (QED) is 0.839. The van der Waals surface area contributed by atoms with Crippen LogP contribution in [0.4, 0.5) is 0 Å². The number of carbonyl (C=O) groups excluding carboxylic acids is 1. The number of hydrogen-bond acceptors (Lipinski definition) is 3. The molecule has 1 N–H and O–H groups in total. The van der Waals surface area contributed by atoms with Crippen molar-refractivity contribution in [2.24, 2.45) is 23.2 Å². The van der Waals surface area contributed by atoms with Crippen molar-refractivity contribution >= 4 is 15.9 Å². The molecule has 4 fully saturated rings. The van der Waals surface area contributed by atoms with Crippen LogP contribution < -0.4 is 5.32 Å². The maximum atomic E-state index is 12.9. The van der Waals surface area contributed by atoms with E-state index in [9.17, 15) is 13.2 Å². The van der Waals surface area contributed by atoms with Crippen molar-refractivity contribution in [3.63, 3.8) is 0 Å². The minimum absolute atomic E-state index is 0.118. The van der Waals surface area contributed by atoms with Crippen LogP contribution in [-0.4, -0.2) is 38.8 Å². The van der Waals surface area contributed by atoms with Crippen molar-refractivity contribution in [3.05, 3.63) is 29.8 Å². The van der Waals surface area contributed by atoms with Gasteiger partial charge in [-0.15, -0.1) is 0 Å². The van der Waals surface area contributed by atoms with Gasteiger partial charge in [0.15, 0.2) is 0 Å². The first-order valence-corrected chi connectivity index (χ1v) is 11.5. The molecule has 4 saturated carbocycles. The topological polar surface area (TPSA) is 66.5 Å². The fourth-order valence-corrected chi connectivity index (χ4v) is 7.10. The summed E-state index contributed by atoms with van der Waals surface area (Å²) in [4.78, 5) is 13.0. The zero-order valence-electron chi connectivity index (χ0n) is 16.4. The number of nitrogens with one attached hydrogen (secondary N) is 1. The van der Waals surface area contributed by atoms with Gasteiger partial charge >= 0.3 is 0 Å². The van der Waals surface area contributed by atoms with Crippen molar-refractivity contribution in [2.75, 3.05) is 14.1 Å². The molecule has 148 valence electrons. The van der Waals surface area contributed by atoms with Crippen molar-refractivity contribution < 1.29 is 13.2 Å². The molecule has 5 rings (SSSR count). The Balaban J connectivity index is 1.51. The molecule has 4 bridgehead atoms. The average molecular weight is 391 g/mol. The van der Waals surface area contributed by atoms with E-state index in [-0.39, 0.29) is 22.3 Å². The van der Waals surface area contributed by atoms with E-state index >= 15 is 0 Å². The van der Waals surface area contributed by atoms with E-state index in [1.165, 1.54) is 69.1 Å². The Morgan fingerprint density at radius 3 is 2.19 bits per heavy atom. The molecule has 1 aromatic rings. The number of hydrogen-bond donors (Lipinski definition) is 1. The van der Waals surface area contributed by atoms with Crippen LogP contribution in [0, 0.1) is 23.2 Å². The van der Waals surface area contributed by atoms with E-state index in [1.807, 2.05) is 0 Å². The Labute approximate surface area is 162 Å². The molecule has 0 heterocycles. The average Bonchev–Trinajstić information content (AvgIpc) is 2.60. The van der Waals surface area contributed by atoms with Gasteiger partial charge in [0.25, 0.3) is 5.91 Å². The highest BCUT2D eigenvalue weighted by molar-refractivity contribution is 7.89. The summed E-state index contributed by atoms with van der Waals surface area (Å²) in [5, 5.41) is 3.21. The summed E-state index contributed by atoms with van der Waals surface area (Å²) < 4.78 is 25.9. The first-order chi connectivity index (χ1) is 12.7. The fraction of sp³-hybridized carbons (Fsp3) is 0.667. The third kappa shape index (κ3) is 3.31. The molecule has 6 heteroatoms. The highest BCUT2D eigenvalue weighted by Crippen LogP contribution is 2.61. The van der Waals surface area contributed by atoms with Gasteiger partial charge in [0.1, 0.15) is 0 Å². The van der Waals surface area contributed by atoms with E-state index in [0.29, 0.717) is 5.56 Å². The van der Waals surface area contributed by atoms with Gasteiger partial charge in [-0.25, -0.2) is 12.7 Å². The van der Waals surface area contributed by atoms with Gasteiger partial charge in [-0.1, -0.05) is 6.07 Å². The lowest BCUT2D eigenvalue weighted by Crippen LogP contribution is -2.55. The zero-order valence-corrected chi connectivity index (χ0v) is 17.3. The van der Waals surface area contributed by atoms with Crippen molar-refractivity contribution in [1.82, 2.24) is 9.62 Å². The molecule has 0 unspecified atom stereocenters. The molecule has 4 aliphatic rings. The lowest BCUT2D eigenvalue weighted by Gasteiger charge is -2.59. The molecule has 27 heavy (non-hydrogen) atoms. The Kier molecular flexibility index (Phi) is 4.62. The summed E-state index contributed by atoms with van der Waals surface area (Å²) in [7, 11) is -0.550. The lowest BCUT2D eigenvalue weighted by atomic mass is 9.48. The summed E-state index contributed by atoms with van der Waals surface area (Å²) in [6, 6.07) is 6.47. The fourth-order valence-electron chi connectivity index (χ4n) is 6.15. The summed E-state index contributed by atoms with van der Waals surface area (Å²) in [5.74, 6) is 2.34. The van der Waals surface area contributed by atoms with Gasteiger partial charge in [-0.3, -0.25) is 4.79 Å². The Bertz CT molecular complexity index is 811. The number of nitrogens with zero attached hydrogens (tertiary/aromatic N) is 1. The number of amides is 1. The molecule has 0 spiro atoms. The van der Waals surface area contributed by atoms with Crippen LogP contribution in [0.25, 0.3) is 0 Å². The first kappa shape index (κ1) is 18.9. The Morgan fingerprint density at radius 1 is 1.11 bits per heavy atom. The molecule has 1 atom stereocenters. The molecule has 0 aromatic heterocycles. The number of sulfonamides is 1. The van der Waals surface area contributed by atoms with Crippen LogP contribution in [0.5, 0.6) is 0 Å². The van der Waals surface area contributed by atoms with E-state index < -0.39 is 10.0 Å². The van der Waals surface area contributed by atoms with Gasteiger partial charge in [0, 0.05) is 25.7 Å². The van der Waals surface area contributed by atoms with Gasteiger partial charge in [0.2, 0.25) is 10.0 Å². The number of carbonyl (C=O) groups is 1. The standard InChI is InChI=1S/C21H30N2O3S/c1-14(21-11-15-7-16(12-21)9-17(8-15)13-21)22-20(24)18-5-4-6-19(10-18)27(25,26)23(2)3/h4-6,10,14-17H,7-9,11-13H2,1-3H3,(H,22,24)/t14-,15?,16?,17?,21?/m0/s1. The van der Waals surface area contributed by atoms with E-state index in [4.69, 9.17) is 0 Å². The third-order valence-corrected chi connectivity index (χ3v) is 9.04. The lowest BCUT2D eigenvalue weighted by molar-refractivity contribution is -0.0688. The largest absolute Gasteiger partial charge is 0.349 e. The van der Waals surface area contributed by atoms with Crippen LogP contribution in [0.15, 0.2) is 29.2 Å². The van der Waals surface area contributed by atoms with Crippen molar-refractivity contribution in [3.8, 4) is 0 Å². The summed E-state index contributed by atoms with van der Waals surface area (Å²) in [6.07, 6.45) is 7.83. The SMILES string of the molecule is C[C@H](NC(=O)c1cccc(S(=O)(=O)N(C)C)c1)C12CC3CC(CC(C3)C1)C2. The van der Waals surface area contributed by atoms with Crippen LogP contribution in [0.3, 0.4) is 0 Å². The second-order valence-electron chi connectivity index (χ2n) is 9.29. The van der Waals surface area contributed by atoms with E-state index in [1.54, 1.807) is 12.1 Å². The highest BCUT2D eigenvalue weighted by Gasteiger charge is 2.53. The normalized spacial score (nSPS) is 33.3. The molecule has 1 amide bonds. The first-order valence-electron chi connectivity index (χ1n) is 10.0. The third-order valence-electron chi connectivity index (χ3n) is 7.23. The molecule has 5 nitrogen and oxygen atoms in total. The Morgan fingerprint density at radius 2 is 1.67 bits per heavy atom. The molecular formula is C21H30N2O3S. The minimum atomic E-state index is -3.54. The molecule has 0 aliphatic heterocycles. The van der Waals surface area contributed by atoms with Crippen LogP contribution in [0.2, 0.25) is 0 Å². The maximum absolute atomic E-state index is 12.9. The number of rotatable bonds is 5. The van der Waals surface area contributed by atoms with E-state index in [0.717, 1.165) is 17.8 Å². The maximum Gasteiger partial charge on any atom is 0.251 e. The molecule has 0 radical (unpaired) electrons. The van der Waals surface area contributed by atoms with Gasteiger partial charge in [-0.05, 0) is 86.8 Å². The highest BCUT2D eigenvalue weighted by atomic mass is 32.2. The smallest absolute Gasteiger partial charge is 0.251 e. The molecule has 0 saturated heterocycles. The van der Waals surface area contributed by atoms with Crippen LogP contribution in [-0.2, 0) is 10.0 Å². The second kappa shape index (κ2) is 6.59. The zero-order chi connectivity index (χ0) is 19.4. The Hall–Kier alpha value is -1.40. The molecular weight excluding hydrogens is 360 g/mol. The van der Waals surface area contributed by atoms with Crippen molar-refractivity contribution in [2.45, 2.75) is 56.4 Å². The summed E-state index contributed by atoms with van der Waals surface area (Å²) in [5.41, 5.74) is 0.645. The summed E-state index contributed by atoms with van der Waals surface area (Å²) in [6.45, 7) is 2.14. The predicted molar refractivity (Wildman–Crippen MR) is 105 cm³/mol. The van der Waals surface area contributed by atoms with Gasteiger partial charge < -0.3 is 5.32 Å². The van der Waals surface area contributed by atoms with Gasteiger partial charge in [-0.2, -0.15) is 0 Å². The van der Waals surface area contributed by atoms with E-state index in [2.05, 4.69) is 12.2 Å². The van der Waals surface area contributed by atoms with Crippen LogP contribution >= 0.6 is 0 Å². The molecule has 4 aliphatic carbocycles. The second-order valence-corrected chi connectivity index (χ2v) is 11.4. The van der Waals surface area contributed by atoms with Crippen molar-refractivity contribution in [1.29, 1.82) is 0 Å². The number of benzene rings is 1.